The predicted octanol–water partition coefficient (Wildman–Crippen LogP) is 3.08. The number of piperidine rings is 1. The zero-order valence-electron chi connectivity index (χ0n) is 23.6. The van der Waals surface area contributed by atoms with E-state index in [2.05, 4.69) is 10.6 Å². The molecule has 2 heterocycles. The summed E-state index contributed by atoms with van der Waals surface area (Å²) in [6, 6.07) is 10.7. The largest absolute Gasteiger partial charge is 0.493 e. The Morgan fingerprint density at radius 1 is 0.955 bits per heavy atom. The molecule has 2 aliphatic rings. The molecule has 1 saturated heterocycles. The van der Waals surface area contributed by atoms with Crippen LogP contribution in [-0.4, -0.2) is 63.5 Å². The van der Waals surface area contributed by atoms with Crippen molar-refractivity contribution in [1.29, 1.82) is 0 Å². The number of carbonyl (C=O) groups is 2. The first-order chi connectivity index (χ1) is 21.0. The van der Waals surface area contributed by atoms with Crippen LogP contribution in [0.25, 0.3) is 0 Å². The Morgan fingerprint density at radius 3 is 2.48 bits per heavy atom. The lowest BCUT2D eigenvalue weighted by molar-refractivity contribution is -0.125. The molecule has 44 heavy (non-hydrogen) atoms. The van der Waals surface area contributed by atoms with Crippen LogP contribution in [0.3, 0.4) is 0 Å². The summed E-state index contributed by atoms with van der Waals surface area (Å²) in [5.74, 6) is -3.35. The molecule has 0 saturated carbocycles. The van der Waals surface area contributed by atoms with E-state index in [1.807, 2.05) is 0 Å². The molecule has 0 radical (unpaired) electrons. The van der Waals surface area contributed by atoms with Crippen LogP contribution in [0.4, 0.5) is 13.2 Å². The average molecular weight is 634 g/mol. The fraction of sp³-hybridized carbons (Fsp3) is 0.333. The van der Waals surface area contributed by atoms with Crippen molar-refractivity contribution in [2.24, 2.45) is 0 Å². The molecule has 2 atom stereocenters. The van der Waals surface area contributed by atoms with Gasteiger partial charge < -0.3 is 24.8 Å². The van der Waals surface area contributed by atoms with Gasteiger partial charge in [0.25, 0.3) is 5.91 Å². The topological polar surface area (TPSA) is 123 Å². The van der Waals surface area contributed by atoms with E-state index in [9.17, 15) is 31.2 Å². The van der Waals surface area contributed by atoms with Crippen LogP contribution in [0.15, 0.2) is 59.5 Å². The van der Waals surface area contributed by atoms with Crippen molar-refractivity contribution in [2.75, 3.05) is 26.8 Å². The number of fused-ring (bicyclic) bond motifs is 5. The van der Waals surface area contributed by atoms with E-state index in [1.54, 1.807) is 18.2 Å². The van der Waals surface area contributed by atoms with Gasteiger partial charge in [0.1, 0.15) is 29.3 Å². The normalized spacial score (nSPS) is 20.1. The van der Waals surface area contributed by atoms with Gasteiger partial charge in [-0.05, 0) is 53.9 Å². The summed E-state index contributed by atoms with van der Waals surface area (Å²) in [6.45, 7) is -1.08. The summed E-state index contributed by atoms with van der Waals surface area (Å²) in [4.78, 5) is 24.5. The van der Waals surface area contributed by atoms with Crippen molar-refractivity contribution >= 4 is 21.8 Å². The number of carbonyl (C=O) groups excluding carboxylic acids is 2. The van der Waals surface area contributed by atoms with Gasteiger partial charge in [-0.25, -0.2) is 21.6 Å². The second kappa shape index (κ2) is 13.1. The Balaban J connectivity index is 1.46. The number of benzene rings is 3. The highest BCUT2D eigenvalue weighted by atomic mass is 32.2. The Labute approximate surface area is 252 Å². The lowest BCUT2D eigenvalue weighted by Crippen LogP contribution is -2.58. The molecule has 0 aliphatic carbocycles. The van der Waals surface area contributed by atoms with Crippen molar-refractivity contribution in [2.45, 2.75) is 42.8 Å². The number of ether oxygens (including phenoxy) is 3. The molecule has 3 aromatic rings. The van der Waals surface area contributed by atoms with E-state index in [0.29, 0.717) is 17.7 Å². The SMILES string of the molecule is COc1ccc2cc1OCC(=O)N[C@@H]1CN(S(=O)(=O)c3c(F)cccc3F)CC[C@H]1Oc1cc(F)cc(c1)CNC(=O)CC2. The maximum Gasteiger partial charge on any atom is 0.258 e. The minimum atomic E-state index is -4.65. The van der Waals surface area contributed by atoms with Gasteiger partial charge in [0.2, 0.25) is 15.9 Å². The van der Waals surface area contributed by atoms with Crippen LogP contribution in [0.5, 0.6) is 17.2 Å². The van der Waals surface area contributed by atoms with E-state index in [0.717, 1.165) is 34.1 Å². The van der Waals surface area contributed by atoms with Crippen molar-refractivity contribution in [3.63, 3.8) is 0 Å². The van der Waals surface area contributed by atoms with Crippen LogP contribution >= 0.6 is 0 Å². The van der Waals surface area contributed by atoms with E-state index in [4.69, 9.17) is 14.2 Å². The third kappa shape index (κ3) is 7.08. The minimum Gasteiger partial charge on any atom is -0.493 e. The van der Waals surface area contributed by atoms with Gasteiger partial charge in [-0.1, -0.05) is 12.1 Å². The minimum absolute atomic E-state index is 0.0143. The third-order valence-corrected chi connectivity index (χ3v) is 9.23. The fourth-order valence-corrected chi connectivity index (χ4v) is 6.74. The standard InChI is InChI=1S/C30H30F3N3O7S/c1-41-26-7-5-18-6-8-28(37)34-15-19-11-20(31)14-21(12-19)43-25-9-10-36(16-24(25)35-29(38)17-42-27(26)13-18)44(39,40)30-22(32)3-2-4-23(30)33/h2-5,7,11-14,24-25H,6,8-10,15-17H2,1H3,(H,34,37)(H,35,38)/t24-,25-/m1/s1. The van der Waals surface area contributed by atoms with E-state index < -0.39 is 63.6 Å². The first-order valence-electron chi connectivity index (χ1n) is 13.8. The predicted molar refractivity (Wildman–Crippen MR) is 151 cm³/mol. The second-order valence-electron chi connectivity index (χ2n) is 10.4. The molecule has 2 N–H and O–H groups in total. The maximum absolute atomic E-state index is 14.5. The van der Waals surface area contributed by atoms with Crippen molar-refractivity contribution < 1.29 is 45.4 Å². The van der Waals surface area contributed by atoms with Crippen LogP contribution in [-0.2, 0) is 32.6 Å². The first-order valence-corrected chi connectivity index (χ1v) is 15.2. The number of hydrogen-bond acceptors (Lipinski definition) is 7. The molecule has 4 bridgehead atoms. The third-order valence-electron chi connectivity index (χ3n) is 7.31. The van der Waals surface area contributed by atoms with Gasteiger partial charge in [-0.3, -0.25) is 9.59 Å². The van der Waals surface area contributed by atoms with E-state index in [1.165, 1.54) is 19.2 Å². The van der Waals surface area contributed by atoms with Crippen molar-refractivity contribution in [3.8, 4) is 17.2 Å². The number of sulfonamides is 1. The monoisotopic (exact) mass is 633 g/mol. The summed E-state index contributed by atoms with van der Waals surface area (Å²) in [7, 11) is -3.22. The number of amides is 2. The van der Waals surface area contributed by atoms with Gasteiger partial charge in [0.05, 0.1) is 13.2 Å². The summed E-state index contributed by atoms with van der Waals surface area (Å²) in [5.41, 5.74) is 1.16. The molecule has 10 nitrogen and oxygen atoms in total. The summed E-state index contributed by atoms with van der Waals surface area (Å²) >= 11 is 0. The number of methoxy groups -OCH3 is 1. The molecule has 3 aromatic carbocycles. The highest BCUT2D eigenvalue weighted by molar-refractivity contribution is 7.89. The van der Waals surface area contributed by atoms with Gasteiger partial charge in [-0.15, -0.1) is 0 Å². The Hall–Kier alpha value is -4.30. The molecule has 0 aromatic heterocycles. The van der Waals surface area contributed by atoms with Gasteiger partial charge in [-0.2, -0.15) is 4.31 Å². The number of nitrogens with one attached hydrogen (secondary N) is 2. The quantitative estimate of drug-likeness (QED) is 0.455. The van der Waals surface area contributed by atoms with E-state index >= 15 is 0 Å². The average Bonchev–Trinajstić information content (AvgIpc) is 2.98. The molecule has 2 amide bonds. The highest BCUT2D eigenvalue weighted by Gasteiger charge is 2.40. The highest BCUT2D eigenvalue weighted by Crippen LogP contribution is 2.30. The number of hydrogen-bond donors (Lipinski definition) is 2. The molecule has 234 valence electrons. The molecular formula is C30H30F3N3O7S. The summed E-state index contributed by atoms with van der Waals surface area (Å²) in [5, 5.41) is 5.46. The Bertz CT molecular complexity index is 1650. The van der Waals surface area contributed by atoms with Crippen molar-refractivity contribution in [3.05, 3.63) is 83.2 Å². The molecule has 0 spiro atoms. The fourth-order valence-electron chi connectivity index (χ4n) is 5.15. The first kappa shape index (κ1) is 31.1. The smallest absolute Gasteiger partial charge is 0.258 e. The lowest BCUT2D eigenvalue weighted by Gasteiger charge is -2.38. The Kier molecular flexibility index (Phi) is 9.30. The number of halogens is 3. The molecule has 5 rings (SSSR count). The number of aryl methyl sites for hydroxylation is 1. The summed E-state index contributed by atoms with van der Waals surface area (Å²) < 4.78 is 88.1. The van der Waals surface area contributed by atoms with Crippen LogP contribution in [0.1, 0.15) is 24.0 Å². The molecule has 2 aliphatic heterocycles. The van der Waals surface area contributed by atoms with Crippen LogP contribution < -0.4 is 24.8 Å². The number of nitrogens with zero attached hydrogens (tertiary/aromatic N) is 1. The number of rotatable bonds is 3. The second-order valence-corrected chi connectivity index (χ2v) is 12.3. The van der Waals surface area contributed by atoms with Crippen LogP contribution in [0, 0.1) is 17.5 Å². The summed E-state index contributed by atoms with van der Waals surface area (Å²) in [6.07, 6.45) is -0.381. The zero-order chi connectivity index (χ0) is 31.4. The van der Waals surface area contributed by atoms with Gasteiger partial charge in [0.15, 0.2) is 23.0 Å². The van der Waals surface area contributed by atoms with E-state index in [-0.39, 0.29) is 43.3 Å². The molecule has 14 heteroatoms. The van der Waals surface area contributed by atoms with Gasteiger partial charge >= 0.3 is 0 Å². The zero-order valence-corrected chi connectivity index (χ0v) is 24.5. The van der Waals surface area contributed by atoms with Gasteiger partial charge in [0, 0.05) is 38.5 Å². The molecule has 0 unspecified atom stereocenters. The van der Waals surface area contributed by atoms with Crippen molar-refractivity contribution in [1.82, 2.24) is 14.9 Å². The molecule has 1 fully saturated rings. The Morgan fingerprint density at radius 2 is 1.73 bits per heavy atom. The van der Waals surface area contributed by atoms with Crippen LogP contribution in [0.2, 0.25) is 0 Å². The lowest BCUT2D eigenvalue weighted by atomic mass is 10.0. The maximum atomic E-state index is 14.5. The molecular weight excluding hydrogens is 603 g/mol.